The van der Waals surface area contributed by atoms with Gasteiger partial charge in [0.1, 0.15) is 0 Å². The van der Waals surface area contributed by atoms with E-state index in [0.29, 0.717) is 24.8 Å². The highest BCUT2D eigenvalue weighted by molar-refractivity contribution is 5.96. The lowest BCUT2D eigenvalue weighted by molar-refractivity contribution is 0.0961. The Morgan fingerprint density at radius 1 is 1.33 bits per heavy atom. The van der Waals surface area contributed by atoms with Gasteiger partial charge in [0.05, 0.1) is 0 Å². The molecule has 2 heteroatoms. The van der Waals surface area contributed by atoms with E-state index in [9.17, 15) is 4.79 Å². The molecular formula is C16H25NO. The molecule has 1 unspecified atom stereocenters. The molecule has 0 heterocycles. The highest BCUT2D eigenvalue weighted by Crippen LogP contribution is 2.15. The molecule has 0 aliphatic carbocycles. The topological polar surface area (TPSA) is 43.1 Å². The Morgan fingerprint density at radius 3 is 2.61 bits per heavy atom. The third-order valence-corrected chi connectivity index (χ3v) is 3.28. The summed E-state index contributed by atoms with van der Waals surface area (Å²) in [6.07, 6.45) is 2.56. The zero-order valence-electron chi connectivity index (χ0n) is 11.8. The van der Waals surface area contributed by atoms with Crippen LogP contribution in [0.2, 0.25) is 0 Å². The van der Waals surface area contributed by atoms with Crippen LogP contribution in [0, 0.1) is 11.8 Å². The minimum Gasteiger partial charge on any atom is -0.330 e. The molecule has 1 atom stereocenters. The zero-order chi connectivity index (χ0) is 13.5. The molecular weight excluding hydrogens is 222 g/mol. The van der Waals surface area contributed by atoms with Crippen molar-refractivity contribution in [1.82, 2.24) is 0 Å². The highest BCUT2D eigenvalue weighted by atomic mass is 16.1. The van der Waals surface area contributed by atoms with E-state index in [1.807, 2.05) is 18.2 Å². The Kier molecular flexibility index (Phi) is 6.06. The fraction of sp³-hybridized carbons (Fsp3) is 0.562. The van der Waals surface area contributed by atoms with Crippen molar-refractivity contribution in [2.75, 3.05) is 6.54 Å². The summed E-state index contributed by atoms with van der Waals surface area (Å²) in [5, 5.41) is 0. The number of rotatable bonds is 7. The van der Waals surface area contributed by atoms with Crippen molar-refractivity contribution in [2.45, 2.75) is 40.0 Å². The van der Waals surface area contributed by atoms with Crippen molar-refractivity contribution in [3.63, 3.8) is 0 Å². The number of hydrogen-bond donors (Lipinski definition) is 1. The second-order valence-corrected chi connectivity index (χ2v) is 5.44. The second-order valence-electron chi connectivity index (χ2n) is 5.44. The molecule has 0 saturated heterocycles. The number of nitrogens with two attached hydrogens (primary N) is 1. The van der Waals surface area contributed by atoms with Gasteiger partial charge in [0, 0.05) is 12.0 Å². The number of hydrogen-bond acceptors (Lipinski definition) is 2. The van der Waals surface area contributed by atoms with Crippen LogP contribution in [0.3, 0.4) is 0 Å². The maximum Gasteiger partial charge on any atom is 0.163 e. The van der Waals surface area contributed by atoms with Crippen LogP contribution in [0.25, 0.3) is 0 Å². The minimum absolute atomic E-state index is 0.220. The molecule has 1 aromatic rings. The molecule has 0 radical (unpaired) electrons. The molecule has 0 saturated carbocycles. The van der Waals surface area contributed by atoms with Gasteiger partial charge in [-0.2, -0.15) is 0 Å². The molecule has 0 bridgehead atoms. The van der Waals surface area contributed by atoms with E-state index in [1.54, 1.807) is 0 Å². The first-order valence-electron chi connectivity index (χ1n) is 6.89. The SMILES string of the molecule is CCC(CN)CC(=O)c1cccc(CC(C)C)c1. The molecule has 0 aliphatic heterocycles. The average Bonchev–Trinajstić information content (AvgIpc) is 2.35. The Hall–Kier alpha value is -1.15. The van der Waals surface area contributed by atoms with Crippen LogP contribution in [0.1, 0.15) is 49.5 Å². The molecule has 0 aliphatic rings. The standard InChI is InChI=1S/C16H25NO/c1-4-13(11-17)10-16(18)15-7-5-6-14(9-15)8-12(2)3/h5-7,9,12-13H,4,8,10-11,17H2,1-3H3. The lowest BCUT2D eigenvalue weighted by atomic mass is 9.94. The Bertz CT molecular complexity index is 380. The molecule has 0 fully saturated rings. The predicted octanol–water partition coefficient (Wildman–Crippen LogP) is 3.44. The lowest BCUT2D eigenvalue weighted by Gasteiger charge is -2.12. The normalized spacial score (nSPS) is 12.7. The number of ketones is 1. The zero-order valence-corrected chi connectivity index (χ0v) is 11.8. The van der Waals surface area contributed by atoms with E-state index in [-0.39, 0.29) is 5.78 Å². The van der Waals surface area contributed by atoms with Crippen LogP contribution in [0.4, 0.5) is 0 Å². The molecule has 1 rings (SSSR count). The van der Waals surface area contributed by atoms with Crippen LogP contribution >= 0.6 is 0 Å². The van der Waals surface area contributed by atoms with Crippen LogP contribution in [-0.2, 0) is 6.42 Å². The summed E-state index contributed by atoms with van der Waals surface area (Å²) in [5.41, 5.74) is 7.73. The monoisotopic (exact) mass is 247 g/mol. The lowest BCUT2D eigenvalue weighted by Crippen LogP contribution is -2.17. The van der Waals surface area contributed by atoms with Gasteiger partial charge in [0.25, 0.3) is 0 Å². The third kappa shape index (κ3) is 4.61. The summed E-state index contributed by atoms with van der Waals surface area (Å²) >= 11 is 0. The molecule has 1 aromatic carbocycles. The van der Waals surface area contributed by atoms with Gasteiger partial charge in [-0.15, -0.1) is 0 Å². The van der Waals surface area contributed by atoms with Crippen molar-refractivity contribution in [3.8, 4) is 0 Å². The fourth-order valence-electron chi connectivity index (χ4n) is 2.12. The fourth-order valence-corrected chi connectivity index (χ4v) is 2.12. The first kappa shape index (κ1) is 14.9. The van der Waals surface area contributed by atoms with Gasteiger partial charge in [0.15, 0.2) is 5.78 Å². The van der Waals surface area contributed by atoms with Gasteiger partial charge >= 0.3 is 0 Å². The minimum atomic E-state index is 0.220. The number of Topliss-reactive ketones (excluding diaryl/α,β-unsaturated/α-hetero) is 1. The summed E-state index contributed by atoms with van der Waals surface area (Å²) in [6, 6.07) is 8.02. The van der Waals surface area contributed by atoms with Crippen LogP contribution < -0.4 is 5.73 Å². The van der Waals surface area contributed by atoms with Crippen molar-refractivity contribution in [1.29, 1.82) is 0 Å². The first-order chi connectivity index (χ1) is 8.56. The quantitative estimate of drug-likeness (QED) is 0.750. The number of benzene rings is 1. The second kappa shape index (κ2) is 7.32. The predicted molar refractivity (Wildman–Crippen MR) is 76.8 cm³/mol. The smallest absolute Gasteiger partial charge is 0.163 e. The molecule has 2 N–H and O–H groups in total. The maximum atomic E-state index is 12.2. The third-order valence-electron chi connectivity index (χ3n) is 3.28. The van der Waals surface area contributed by atoms with Gasteiger partial charge in [-0.25, -0.2) is 0 Å². The van der Waals surface area contributed by atoms with E-state index < -0.39 is 0 Å². The van der Waals surface area contributed by atoms with E-state index in [1.165, 1.54) is 5.56 Å². The van der Waals surface area contributed by atoms with E-state index in [2.05, 4.69) is 26.8 Å². The molecule has 0 aromatic heterocycles. The molecule has 100 valence electrons. The van der Waals surface area contributed by atoms with Gasteiger partial charge in [-0.1, -0.05) is 45.4 Å². The molecule has 18 heavy (non-hydrogen) atoms. The largest absolute Gasteiger partial charge is 0.330 e. The first-order valence-corrected chi connectivity index (χ1v) is 6.89. The average molecular weight is 247 g/mol. The maximum absolute atomic E-state index is 12.2. The Morgan fingerprint density at radius 2 is 2.06 bits per heavy atom. The molecule has 0 spiro atoms. The van der Waals surface area contributed by atoms with Crippen molar-refractivity contribution < 1.29 is 4.79 Å². The molecule has 0 amide bonds. The number of carbonyl (C=O) groups excluding carboxylic acids is 1. The van der Waals surface area contributed by atoms with E-state index in [4.69, 9.17) is 5.73 Å². The summed E-state index contributed by atoms with van der Waals surface area (Å²) < 4.78 is 0. The van der Waals surface area contributed by atoms with Gasteiger partial charge in [0.2, 0.25) is 0 Å². The van der Waals surface area contributed by atoms with Crippen molar-refractivity contribution >= 4 is 5.78 Å². The Balaban J connectivity index is 2.73. The molecule has 2 nitrogen and oxygen atoms in total. The van der Waals surface area contributed by atoms with Crippen molar-refractivity contribution in [2.24, 2.45) is 17.6 Å². The van der Waals surface area contributed by atoms with Gasteiger partial charge < -0.3 is 5.73 Å². The van der Waals surface area contributed by atoms with Gasteiger partial charge in [-0.05, 0) is 36.4 Å². The van der Waals surface area contributed by atoms with Crippen LogP contribution in [-0.4, -0.2) is 12.3 Å². The van der Waals surface area contributed by atoms with Gasteiger partial charge in [-0.3, -0.25) is 4.79 Å². The number of carbonyl (C=O) groups is 1. The Labute approximate surface area is 111 Å². The summed E-state index contributed by atoms with van der Waals surface area (Å²) in [4.78, 5) is 12.2. The summed E-state index contributed by atoms with van der Waals surface area (Å²) in [7, 11) is 0. The van der Waals surface area contributed by atoms with Crippen molar-refractivity contribution in [3.05, 3.63) is 35.4 Å². The van der Waals surface area contributed by atoms with E-state index >= 15 is 0 Å². The van der Waals surface area contributed by atoms with Crippen LogP contribution in [0.5, 0.6) is 0 Å². The van der Waals surface area contributed by atoms with E-state index in [0.717, 1.165) is 18.4 Å². The summed E-state index contributed by atoms with van der Waals surface area (Å²) in [5.74, 6) is 1.15. The highest BCUT2D eigenvalue weighted by Gasteiger charge is 2.13. The van der Waals surface area contributed by atoms with Crippen LogP contribution in [0.15, 0.2) is 24.3 Å². The summed E-state index contributed by atoms with van der Waals surface area (Å²) in [6.45, 7) is 7.06.